The van der Waals surface area contributed by atoms with Crippen LogP contribution in [0.4, 0.5) is 10.1 Å². The third-order valence-corrected chi connectivity index (χ3v) is 5.18. The zero-order chi connectivity index (χ0) is 14.0. The van der Waals surface area contributed by atoms with Gasteiger partial charge in [0.05, 0.1) is 22.1 Å². The van der Waals surface area contributed by atoms with E-state index in [9.17, 15) is 14.5 Å². The van der Waals surface area contributed by atoms with E-state index in [-0.39, 0.29) is 21.3 Å². The summed E-state index contributed by atoms with van der Waals surface area (Å²) in [6, 6.07) is 2.05. The molecule has 1 aliphatic carbocycles. The van der Waals surface area contributed by atoms with E-state index in [0.717, 1.165) is 30.7 Å². The van der Waals surface area contributed by atoms with Gasteiger partial charge in [0.25, 0.3) is 0 Å². The average Bonchev–Trinajstić information content (AvgIpc) is 2.29. The van der Waals surface area contributed by atoms with E-state index in [1.807, 2.05) is 0 Å². The molecule has 4 nitrogen and oxygen atoms in total. The monoisotopic (exact) mass is 395 g/mol. The lowest BCUT2D eigenvalue weighted by Gasteiger charge is -2.39. The van der Waals surface area contributed by atoms with Crippen molar-refractivity contribution in [2.45, 2.75) is 19.3 Å². The van der Waals surface area contributed by atoms with Crippen LogP contribution >= 0.6 is 31.9 Å². The third kappa shape index (κ3) is 3.08. The number of alkyl halides is 1. The number of rotatable bonds is 5. The Bertz CT molecular complexity index is 500. The SMILES string of the molecule is O=[N+]([O-])c1cc(F)cc(Br)c1OCC1(CBr)CCC1. The van der Waals surface area contributed by atoms with Gasteiger partial charge >= 0.3 is 5.69 Å². The van der Waals surface area contributed by atoms with Gasteiger partial charge in [0.2, 0.25) is 5.75 Å². The Kier molecular flexibility index (Phi) is 4.45. The van der Waals surface area contributed by atoms with E-state index in [0.29, 0.717) is 6.61 Å². The molecule has 0 atom stereocenters. The Morgan fingerprint density at radius 3 is 2.63 bits per heavy atom. The van der Waals surface area contributed by atoms with Crippen molar-refractivity contribution in [2.75, 3.05) is 11.9 Å². The second-order valence-corrected chi connectivity index (χ2v) is 6.18. The molecule has 19 heavy (non-hydrogen) atoms. The van der Waals surface area contributed by atoms with Gasteiger partial charge in [-0.25, -0.2) is 4.39 Å². The van der Waals surface area contributed by atoms with Gasteiger partial charge in [-0.15, -0.1) is 0 Å². The van der Waals surface area contributed by atoms with Crippen molar-refractivity contribution in [1.82, 2.24) is 0 Å². The van der Waals surface area contributed by atoms with E-state index >= 15 is 0 Å². The normalized spacial score (nSPS) is 16.8. The van der Waals surface area contributed by atoms with E-state index in [2.05, 4.69) is 31.9 Å². The van der Waals surface area contributed by atoms with Crippen molar-refractivity contribution in [3.05, 3.63) is 32.5 Å². The van der Waals surface area contributed by atoms with E-state index in [4.69, 9.17) is 4.74 Å². The minimum atomic E-state index is -0.662. The van der Waals surface area contributed by atoms with Crippen LogP contribution in [0.3, 0.4) is 0 Å². The van der Waals surface area contributed by atoms with Gasteiger partial charge in [-0.05, 0) is 34.8 Å². The molecule has 0 amide bonds. The molecule has 0 saturated heterocycles. The standard InChI is InChI=1S/C12H12Br2FNO3/c13-6-12(2-1-3-12)7-19-11-9(14)4-8(15)5-10(11)16(17)18/h4-5H,1-3,6-7H2. The Morgan fingerprint density at radius 2 is 2.16 bits per heavy atom. The summed E-state index contributed by atoms with van der Waals surface area (Å²) < 4.78 is 19.1. The highest BCUT2D eigenvalue weighted by atomic mass is 79.9. The van der Waals surface area contributed by atoms with Crippen LogP contribution in [0.15, 0.2) is 16.6 Å². The van der Waals surface area contributed by atoms with Crippen molar-refractivity contribution in [3.8, 4) is 5.75 Å². The molecule has 0 spiro atoms. The molecule has 104 valence electrons. The summed E-state index contributed by atoms with van der Waals surface area (Å²) in [5, 5.41) is 11.7. The smallest absolute Gasteiger partial charge is 0.315 e. The number of hydrogen-bond acceptors (Lipinski definition) is 3. The second kappa shape index (κ2) is 5.75. The third-order valence-electron chi connectivity index (χ3n) is 3.41. The van der Waals surface area contributed by atoms with Gasteiger partial charge in [-0.2, -0.15) is 0 Å². The summed E-state index contributed by atoms with van der Waals surface area (Å²) in [4.78, 5) is 10.3. The maximum Gasteiger partial charge on any atom is 0.315 e. The first kappa shape index (κ1) is 14.7. The summed E-state index contributed by atoms with van der Waals surface area (Å²) in [5.41, 5.74) is -0.308. The zero-order valence-corrected chi connectivity index (χ0v) is 13.2. The predicted molar refractivity (Wildman–Crippen MR) is 76.3 cm³/mol. The summed E-state index contributed by atoms with van der Waals surface area (Å²) in [7, 11) is 0. The highest BCUT2D eigenvalue weighted by Crippen LogP contribution is 2.44. The van der Waals surface area contributed by atoms with Gasteiger partial charge in [0.1, 0.15) is 5.82 Å². The van der Waals surface area contributed by atoms with Gasteiger partial charge in [0.15, 0.2) is 0 Å². The molecule has 1 aromatic carbocycles. The average molecular weight is 397 g/mol. The number of hydrogen-bond donors (Lipinski definition) is 0. The maximum atomic E-state index is 13.2. The Labute approximate surface area is 126 Å². The lowest BCUT2D eigenvalue weighted by atomic mass is 9.71. The number of ether oxygens (including phenoxy) is 1. The molecule has 0 radical (unpaired) electrons. The predicted octanol–water partition coefficient (Wildman–Crippen LogP) is 4.44. The highest BCUT2D eigenvalue weighted by molar-refractivity contribution is 9.10. The first-order valence-corrected chi connectivity index (χ1v) is 7.71. The van der Waals surface area contributed by atoms with Crippen LogP contribution in [0.25, 0.3) is 0 Å². The minimum Gasteiger partial charge on any atom is -0.485 e. The molecule has 0 aromatic heterocycles. The lowest BCUT2D eigenvalue weighted by molar-refractivity contribution is -0.386. The van der Waals surface area contributed by atoms with Crippen molar-refractivity contribution >= 4 is 37.5 Å². The quantitative estimate of drug-likeness (QED) is 0.420. The molecule has 7 heteroatoms. The molecule has 0 aliphatic heterocycles. The van der Waals surface area contributed by atoms with E-state index in [1.165, 1.54) is 6.07 Å². The number of nitrogens with zero attached hydrogens (tertiary/aromatic N) is 1. The first-order valence-electron chi connectivity index (χ1n) is 5.80. The first-order chi connectivity index (χ1) is 8.97. The largest absolute Gasteiger partial charge is 0.485 e. The molecule has 1 saturated carbocycles. The van der Waals surface area contributed by atoms with Crippen molar-refractivity contribution in [3.63, 3.8) is 0 Å². The van der Waals surface area contributed by atoms with Crippen LogP contribution in [0.2, 0.25) is 0 Å². The van der Waals surface area contributed by atoms with Gasteiger partial charge in [-0.1, -0.05) is 22.4 Å². The molecular formula is C12H12Br2FNO3. The fourth-order valence-electron chi connectivity index (χ4n) is 2.04. The minimum absolute atomic E-state index is 0.0433. The molecule has 0 unspecified atom stereocenters. The van der Waals surface area contributed by atoms with Gasteiger partial charge in [0, 0.05) is 10.7 Å². The number of halogens is 3. The van der Waals surface area contributed by atoms with E-state index in [1.54, 1.807) is 0 Å². The van der Waals surface area contributed by atoms with Gasteiger partial charge in [-0.3, -0.25) is 10.1 Å². The number of nitro benzene ring substituents is 1. The molecule has 1 fully saturated rings. The molecule has 0 heterocycles. The summed E-state index contributed by atoms with van der Waals surface area (Å²) in [6.07, 6.45) is 3.21. The second-order valence-electron chi connectivity index (χ2n) is 4.77. The fraction of sp³-hybridized carbons (Fsp3) is 0.500. The summed E-state index contributed by atoms with van der Waals surface area (Å²) in [5.74, 6) is -0.566. The molecule has 0 bridgehead atoms. The lowest BCUT2D eigenvalue weighted by Crippen LogP contribution is -2.37. The van der Waals surface area contributed by atoms with Crippen LogP contribution in [0.1, 0.15) is 19.3 Å². The molecule has 1 aromatic rings. The van der Waals surface area contributed by atoms with Crippen LogP contribution in [0, 0.1) is 21.3 Å². The van der Waals surface area contributed by atoms with Crippen molar-refractivity contribution in [2.24, 2.45) is 5.41 Å². The summed E-state index contributed by atoms with van der Waals surface area (Å²) in [6.45, 7) is 0.392. The zero-order valence-electron chi connectivity index (χ0n) is 10.00. The van der Waals surface area contributed by atoms with Crippen molar-refractivity contribution in [1.29, 1.82) is 0 Å². The van der Waals surface area contributed by atoms with Crippen molar-refractivity contribution < 1.29 is 14.1 Å². The Hall–Kier alpha value is -0.690. The molecule has 0 N–H and O–H groups in total. The Balaban J connectivity index is 2.22. The number of nitro groups is 1. The topological polar surface area (TPSA) is 52.4 Å². The van der Waals surface area contributed by atoms with E-state index < -0.39 is 10.7 Å². The van der Waals surface area contributed by atoms with Crippen LogP contribution in [0.5, 0.6) is 5.75 Å². The van der Waals surface area contributed by atoms with Gasteiger partial charge < -0.3 is 4.74 Å². The van der Waals surface area contributed by atoms with Crippen LogP contribution in [-0.4, -0.2) is 16.9 Å². The van der Waals surface area contributed by atoms with Crippen LogP contribution < -0.4 is 4.74 Å². The summed E-state index contributed by atoms with van der Waals surface area (Å²) >= 11 is 6.56. The molecule has 2 rings (SSSR count). The molecular weight excluding hydrogens is 385 g/mol. The Morgan fingerprint density at radius 1 is 1.47 bits per heavy atom. The van der Waals surface area contributed by atoms with Crippen LogP contribution in [-0.2, 0) is 0 Å². The fourth-order valence-corrected chi connectivity index (χ4v) is 3.30. The highest BCUT2D eigenvalue weighted by Gasteiger charge is 2.37. The maximum absolute atomic E-state index is 13.2. The molecule has 1 aliphatic rings. The number of benzene rings is 1.